The van der Waals surface area contributed by atoms with Gasteiger partial charge in [-0.15, -0.1) is 0 Å². The average Bonchev–Trinajstić information content (AvgIpc) is 2.83. The Balaban J connectivity index is 1.81. The lowest BCUT2D eigenvalue weighted by atomic mass is 10.1. The van der Waals surface area contributed by atoms with Gasteiger partial charge in [-0.3, -0.25) is 0 Å². The van der Waals surface area contributed by atoms with Crippen molar-refractivity contribution in [1.82, 2.24) is 5.32 Å². The molecule has 0 unspecified atom stereocenters. The Bertz CT molecular complexity index is 436. The molecule has 1 heterocycles. The molecule has 1 atom stereocenters. The molecule has 17 heavy (non-hydrogen) atoms. The van der Waals surface area contributed by atoms with Crippen LogP contribution in [-0.2, 0) is 6.42 Å². The van der Waals surface area contributed by atoms with Gasteiger partial charge < -0.3 is 5.32 Å². The molecule has 0 bridgehead atoms. The van der Waals surface area contributed by atoms with E-state index in [1.165, 1.54) is 17.7 Å². The number of halogens is 1. The smallest absolute Gasteiger partial charge is 0.123 e. The number of benzene rings is 1. The first kappa shape index (κ1) is 12.3. The summed E-state index contributed by atoms with van der Waals surface area (Å²) in [6.07, 6.45) is 1.04. The van der Waals surface area contributed by atoms with Gasteiger partial charge in [-0.25, -0.2) is 4.39 Å². The van der Waals surface area contributed by atoms with E-state index in [4.69, 9.17) is 0 Å². The number of hydrogen-bond acceptors (Lipinski definition) is 2. The molecular formula is C14H16FNS. The van der Waals surface area contributed by atoms with Crippen LogP contribution in [0.25, 0.3) is 0 Å². The fourth-order valence-corrected chi connectivity index (χ4v) is 2.44. The van der Waals surface area contributed by atoms with Gasteiger partial charge in [0.1, 0.15) is 5.82 Å². The summed E-state index contributed by atoms with van der Waals surface area (Å²) in [5.41, 5.74) is 2.49. The lowest BCUT2D eigenvalue weighted by Gasteiger charge is -2.13. The van der Waals surface area contributed by atoms with Crippen LogP contribution in [0.4, 0.5) is 4.39 Å². The van der Waals surface area contributed by atoms with Crippen LogP contribution in [0.2, 0.25) is 0 Å². The van der Waals surface area contributed by atoms with E-state index in [1.54, 1.807) is 11.3 Å². The molecule has 1 N–H and O–H groups in total. The zero-order valence-corrected chi connectivity index (χ0v) is 10.6. The third-order valence-electron chi connectivity index (χ3n) is 2.81. The highest BCUT2D eigenvalue weighted by molar-refractivity contribution is 7.07. The molecule has 0 saturated heterocycles. The first-order valence-corrected chi connectivity index (χ1v) is 6.70. The third-order valence-corrected chi connectivity index (χ3v) is 3.55. The molecule has 0 amide bonds. The summed E-state index contributed by atoms with van der Waals surface area (Å²) in [6.45, 7) is 3.04. The van der Waals surface area contributed by atoms with E-state index in [1.807, 2.05) is 12.1 Å². The van der Waals surface area contributed by atoms with Gasteiger partial charge in [-0.2, -0.15) is 11.3 Å². The predicted molar refractivity (Wildman–Crippen MR) is 70.8 cm³/mol. The summed E-state index contributed by atoms with van der Waals surface area (Å²) >= 11 is 1.73. The summed E-state index contributed by atoms with van der Waals surface area (Å²) in [4.78, 5) is 0. The number of hydrogen-bond donors (Lipinski definition) is 1. The lowest BCUT2D eigenvalue weighted by molar-refractivity contribution is 0.573. The van der Waals surface area contributed by atoms with Crippen molar-refractivity contribution in [1.29, 1.82) is 0 Å². The van der Waals surface area contributed by atoms with Crippen LogP contribution in [0.15, 0.2) is 41.1 Å². The van der Waals surface area contributed by atoms with Crippen LogP contribution < -0.4 is 5.32 Å². The number of rotatable bonds is 5. The van der Waals surface area contributed by atoms with E-state index in [0.717, 1.165) is 18.5 Å². The summed E-state index contributed by atoms with van der Waals surface area (Å²) in [5, 5.41) is 7.71. The van der Waals surface area contributed by atoms with Crippen LogP contribution in [0.1, 0.15) is 24.1 Å². The Morgan fingerprint density at radius 3 is 2.65 bits per heavy atom. The largest absolute Gasteiger partial charge is 0.310 e. The molecule has 0 saturated carbocycles. The monoisotopic (exact) mass is 249 g/mol. The first-order chi connectivity index (χ1) is 8.25. The van der Waals surface area contributed by atoms with Crippen molar-refractivity contribution >= 4 is 11.3 Å². The Hall–Kier alpha value is -1.19. The highest BCUT2D eigenvalue weighted by atomic mass is 32.1. The molecule has 0 aliphatic heterocycles. The van der Waals surface area contributed by atoms with Crippen molar-refractivity contribution in [3.63, 3.8) is 0 Å². The van der Waals surface area contributed by atoms with Crippen molar-refractivity contribution in [3.05, 3.63) is 58.0 Å². The second-order valence-corrected chi connectivity index (χ2v) is 4.89. The standard InChI is InChI=1S/C14H16FNS/c1-11(13-2-4-14(15)5-3-13)16-8-6-12-7-9-17-10-12/h2-5,7,9-11,16H,6,8H2,1H3/t11-/m0/s1. The Labute approximate surface area is 105 Å². The van der Waals surface area contributed by atoms with E-state index in [-0.39, 0.29) is 11.9 Å². The van der Waals surface area contributed by atoms with Crippen LogP contribution in [0.3, 0.4) is 0 Å². The highest BCUT2D eigenvalue weighted by Crippen LogP contribution is 2.13. The molecule has 1 aromatic carbocycles. The molecule has 0 spiro atoms. The van der Waals surface area contributed by atoms with Gasteiger partial charge >= 0.3 is 0 Å². The Kier molecular flexibility index (Phi) is 4.29. The van der Waals surface area contributed by atoms with E-state index in [0.29, 0.717) is 0 Å². The van der Waals surface area contributed by atoms with Gasteiger partial charge in [0.05, 0.1) is 0 Å². The van der Waals surface area contributed by atoms with Crippen molar-refractivity contribution < 1.29 is 4.39 Å². The zero-order chi connectivity index (χ0) is 12.1. The van der Waals surface area contributed by atoms with Crippen molar-refractivity contribution in [2.24, 2.45) is 0 Å². The minimum Gasteiger partial charge on any atom is -0.310 e. The molecule has 90 valence electrons. The summed E-state index contributed by atoms with van der Waals surface area (Å²) in [7, 11) is 0. The Morgan fingerprint density at radius 1 is 1.24 bits per heavy atom. The third kappa shape index (κ3) is 3.65. The van der Waals surface area contributed by atoms with Gasteiger partial charge in [0, 0.05) is 6.04 Å². The van der Waals surface area contributed by atoms with Gasteiger partial charge in [-0.05, 0) is 60.0 Å². The summed E-state index contributed by atoms with van der Waals surface area (Å²) < 4.78 is 12.8. The summed E-state index contributed by atoms with van der Waals surface area (Å²) in [5.74, 6) is -0.181. The van der Waals surface area contributed by atoms with Crippen molar-refractivity contribution in [2.75, 3.05) is 6.54 Å². The van der Waals surface area contributed by atoms with Crippen LogP contribution in [-0.4, -0.2) is 6.54 Å². The van der Waals surface area contributed by atoms with Gasteiger partial charge in [-0.1, -0.05) is 12.1 Å². The molecular weight excluding hydrogens is 233 g/mol. The van der Waals surface area contributed by atoms with Crippen molar-refractivity contribution in [2.45, 2.75) is 19.4 Å². The molecule has 2 rings (SSSR count). The fourth-order valence-electron chi connectivity index (χ4n) is 1.74. The quantitative estimate of drug-likeness (QED) is 0.850. The number of nitrogens with one attached hydrogen (secondary N) is 1. The maximum absolute atomic E-state index is 12.8. The van der Waals surface area contributed by atoms with Gasteiger partial charge in [0.15, 0.2) is 0 Å². The van der Waals surface area contributed by atoms with Gasteiger partial charge in [0.2, 0.25) is 0 Å². The zero-order valence-electron chi connectivity index (χ0n) is 9.82. The van der Waals surface area contributed by atoms with Crippen molar-refractivity contribution in [3.8, 4) is 0 Å². The number of thiophene rings is 1. The van der Waals surface area contributed by atoms with Crippen LogP contribution >= 0.6 is 11.3 Å². The second-order valence-electron chi connectivity index (χ2n) is 4.11. The molecule has 0 aliphatic carbocycles. The highest BCUT2D eigenvalue weighted by Gasteiger charge is 2.04. The van der Waals surface area contributed by atoms with E-state index < -0.39 is 0 Å². The predicted octanol–water partition coefficient (Wildman–Crippen LogP) is 3.78. The minimum atomic E-state index is -0.181. The molecule has 3 heteroatoms. The second kappa shape index (κ2) is 5.94. The molecule has 2 aromatic rings. The fraction of sp³-hybridized carbons (Fsp3) is 0.286. The molecule has 0 radical (unpaired) electrons. The summed E-state index contributed by atoms with van der Waals surface area (Å²) in [6, 6.07) is 9.08. The van der Waals surface area contributed by atoms with E-state index in [9.17, 15) is 4.39 Å². The normalized spacial score (nSPS) is 12.6. The van der Waals surface area contributed by atoms with Crippen LogP contribution in [0.5, 0.6) is 0 Å². The lowest BCUT2D eigenvalue weighted by Crippen LogP contribution is -2.21. The Morgan fingerprint density at radius 2 is 2.00 bits per heavy atom. The maximum Gasteiger partial charge on any atom is 0.123 e. The van der Waals surface area contributed by atoms with Crippen LogP contribution in [0, 0.1) is 5.82 Å². The SMILES string of the molecule is C[C@H](NCCc1ccsc1)c1ccc(F)cc1. The minimum absolute atomic E-state index is 0.181. The van der Waals surface area contributed by atoms with E-state index in [2.05, 4.69) is 29.1 Å². The van der Waals surface area contributed by atoms with E-state index >= 15 is 0 Å². The first-order valence-electron chi connectivity index (χ1n) is 5.75. The average molecular weight is 249 g/mol. The molecule has 0 fully saturated rings. The molecule has 1 nitrogen and oxygen atoms in total. The maximum atomic E-state index is 12.8. The van der Waals surface area contributed by atoms with Gasteiger partial charge in [0.25, 0.3) is 0 Å². The molecule has 0 aliphatic rings. The topological polar surface area (TPSA) is 12.0 Å². The molecule has 1 aromatic heterocycles.